The van der Waals surface area contributed by atoms with Gasteiger partial charge in [-0.05, 0) is 11.5 Å². The van der Waals surface area contributed by atoms with Crippen molar-refractivity contribution in [1.29, 1.82) is 0 Å². The summed E-state index contributed by atoms with van der Waals surface area (Å²) in [7, 11) is 0. The molecule has 16 heavy (non-hydrogen) atoms. The maximum atomic E-state index is 12.3. The number of ketones is 1. The molecule has 0 amide bonds. The van der Waals surface area contributed by atoms with Crippen molar-refractivity contribution in [3.63, 3.8) is 0 Å². The third kappa shape index (κ3) is 1.84. The molecule has 1 nitrogen and oxygen atoms in total. The van der Waals surface area contributed by atoms with E-state index in [0.717, 1.165) is 5.56 Å². The number of hydrogen-bond acceptors (Lipinski definition) is 1. The molecule has 0 saturated carbocycles. The quantitative estimate of drug-likeness (QED) is 0.718. The Bertz CT molecular complexity index is 423. The Kier molecular flexibility index (Phi) is 2.52. The lowest BCUT2D eigenvalue weighted by atomic mass is 9.91. The molecule has 2 rings (SSSR count). The van der Waals surface area contributed by atoms with E-state index in [4.69, 9.17) is 0 Å². The van der Waals surface area contributed by atoms with Gasteiger partial charge in [0.25, 0.3) is 0 Å². The highest BCUT2D eigenvalue weighted by Crippen LogP contribution is 2.42. The van der Waals surface area contributed by atoms with Gasteiger partial charge in [-0.1, -0.05) is 31.2 Å². The van der Waals surface area contributed by atoms with Gasteiger partial charge in [0.05, 0.1) is 6.42 Å². The first-order valence-electron chi connectivity index (χ1n) is 5.10. The largest absolute Gasteiger partial charge is 0.389 e. The van der Waals surface area contributed by atoms with Crippen LogP contribution in [0.1, 0.15) is 35.2 Å². The highest BCUT2D eigenvalue weighted by molar-refractivity contribution is 6.03. The van der Waals surface area contributed by atoms with Crippen LogP contribution in [0.5, 0.6) is 0 Å². The summed E-state index contributed by atoms with van der Waals surface area (Å²) in [6, 6.07) is 6.76. The fourth-order valence-electron chi connectivity index (χ4n) is 2.28. The predicted octanol–water partition coefficient (Wildman–Crippen LogP) is 3.56. The molecule has 0 saturated heterocycles. The van der Waals surface area contributed by atoms with Crippen molar-refractivity contribution in [2.24, 2.45) is 5.92 Å². The van der Waals surface area contributed by atoms with E-state index in [1.807, 2.05) is 0 Å². The minimum absolute atomic E-state index is 0.342. The molecule has 0 spiro atoms. The average Bonchev–Trinajstić information content (AvgIpc) is 2.43. The molecular formula is C12H11F3O. The van der Waals surface area contributed by atoms with E-state index in [9.17, 15) is 18.0 Å². The Balaban J connectivity index is 2.32. The van der Waals surface area contributed by atoms with Crippen LogP contribution in [0.15, 0.2) is 24.3 Å². The zero-order chi connectivity index (χ0) is 11.9. The number of carbonyl (C=O) groups excluding carboxylic acids is 1. The van der Waals surface area contributed by atoms with E-state index in [1.54, 1.807) is 31.2 Å². The summed E-state index contributed by atoms with van der Waals surface area (Å²) < 4.78 is 37.0. The number of alkyl halides is 3. The van der Waals surface area contributed by atoms with Crippen molar-refractivity contribution in [2.45, 2.75) is 25.4 Å². The molecule has 0 bridgehead atoms. The number of Topliss-reactive ketones (excluding diaryl/α,β-unsaturated/α-hetero) is 1. The molecule has 0 fully saturated rings. The number of rotatable bonds is 1. The summed E-state index contributed by atoms with van der Waals surface area (Å²) in [4.78, 5) is 11.8. The number of halogens is 3. The lowest BCUT2D eigenvalue weighted by Crippen LogP contribution is -2.21. The van der Waals surface area contributed by atoms with E-state index >= 15 is 0 Å². The Labute approximate surface area is 91.3 Å². The van der Waals surface area contributed by atoms with Crippen LogP contribution < -0.4 is 0 Å². The van der Waals surface area contributed by atoms with Gasteiger partial charge in [0.1, 0.15) is 0 Å². The fraction of sp³-hybridized carbons (Fsp3) is 0.417. The smallest absolute Gasteiger partial charge is 0.294 e. The lowest BCUT2D eigenvalue weighted by Gasteiger charge is -2.16. The average molecular weight is 228 g/mol. The van der Waals surface area contributed by atoms with E-state index in [-0.39, 0.29) is 11.7 Å². The molecule has 0 N–H and O–H groups in total. The van der Waals surface area contributed by atoms with E-state index < -0.39 is 18.5 Å². The molecule has 86 valence electrons. The molecule has 4 heteroatoms. The summed E-state index contributed by atoms with van der Waals surface area (Å²) >= 11 is 0. The summed E-state index contributed by atoms with van der Waals surface area (Å²) in [6.45, 7) is 1.68. The summed E-state index contributed by atoms with van der Waals surface area (Å²) in [6.07, 6.45) is -5.31. The van der Waals surface area contributed by atoms with Gasteiger partial charge in [-0.25, -0.2) is 0 Å². The first-order valence-corrected chi connectivity index (χ1v) is 5.10. The second-order valence-corrected chi connectivity index (χ2v) is 4.17. The fourth-order valence-corrected chi connectivity index (χ4v) is 2.28. The monoisotopic (exact) mass is 228 g/mol. The van der Waals surface area contributed by atoms with E-state index in [1.165, 1.54) is 0 Å². The minimum atomic E-state index is -4.28. The number of fused-ring (bicyclic) bond motifs is 1. The van der Waals surface area contributed by atoms with Crippen molar-refractivity contribution in [2.75, 3.05) is 0 Å². The van der Waals surface area contributed by atoms with Crippen molar-refractivity contribution < 1.29 is 18.0 Å². The number of hydrogen-bond donors (Lipinski definition) is 0. The second kappa shape index (κ2) is 3.61. The first-order chi connectivity index (χ1) is 7.40. The third-order valence-electron chi connectivity index (χ3n) is 3.11. The Morgan fingerprint density at radius 3 is 2.44 bits per heavy atom. The van der Waals surface area contributed by atoms with Crippen LogP contribution in [0.3, 0.4) is 0 Å². The van der Waals surface area contributed by atoms with Gasteiger partial charge in [0, 0.05) is 11.5 Å². The topological polar surface area (TPSA) is 17.1 Å². The van der Waals surface area contributed by atoms with Crippen molar-refractivity contribution in [3.8, 4) is 0 Å². The normalized spacial score (nSPS) is 24.6. The highest BCUT2D eigenvalue weighted by Gasteiger charge is 2.43. The van der Waals surface area contributed by atoms with Crippen LogP contribution in [0.25, 0.3) is 0 Å². The van der Waals surface area contributed by atoms with Crippen molar-refractivity contribution >= 4 is 5.78 Å². The third-order valence-corrected chi connectivity index (χ3v) is 3.11. The van der Waals surface area contributed by atoms with Crippen LogP contribution in [0.4, 0.5) is 13.2 Å². The van der Waals surface area contributed by atoms with Crippen LogP contribution in [-0.2, 0) is 0 Å². The van der Waals surface area contributed by atoms with E-state index in [0.29, 0.717) is 5.56 Å². The van der Waals surface area contributed by atoms with Gasteiger partial charge in [-0.3, -0.25) is 4.79 Å². The van der Waals surface area contributed by atoms with Crippen LogP contribution in [0.2, 0.25) is 0 Å². The SMILES string of the molecule is C[C@H]1c2ccccc2C(=O)[C@@H]1CC(F)(F)F. The molecule has 1 aliphatic rings. The molecule has 1 aliphatic carbocycles. The zero-order valence-electron chi connectivity index (χ0n) is 8.71. The van der Waals surface area contributed by atoms with Crippen molar-refractivity contribution in [1.82, 2.24) is 0 Å². The van der Waals surface area contributed by atoms with Crippen LogP contribution >= 0.6 is 0 Å². The molecule has 0 heterocycles. The molecular weight excluding hydrogens is 217 g/mol. The van der Waals surface area contributed by atoms with Gasteiger partial charge in [-0.15, -0.1) is 0 Å². The molecule has 0 aliphatic heterocycles. The van der Waals surface area contributed by atoms with Gasteiger partial charge in [-0.2, -0.15) is 13.2 Å². The highest BCUT2D eigenvalue weighted by atomic mass is 19.4. The number of carbonyl (C=O) groups is 1. The zero-order valence-corrected chi connectivity index (χ0v) is 8.71. The summed E-state index contributed by atoms with van der Waals surface area (Å²) in [5.41, 5.74) is 1.19. The molecule has 2 atom stereocenters. The van der Waals surface area contributed by atoms with E-state index in [2.05, 4.69) is 0 Å². The standard InChI is InChI=1S/C12H11F3O/c1-7-8-4-2-3-5-9(8)11(16)10(7)6-12(13,14)15/h2-5,7,10H,6H2,1H3/t7-,10+/m0/s1. The molecule has 1 aromatic carbocycles. The van der Waals surface area contributed by atoms with Crippen molar-refractivity contribution in [3.05, 3.63) is 35.4 Å². The minimum Gasteiger partial charge on any atom is -0.294 e. The maximum Gasteiger partial charge on any atom is 0.389 e. The van der Waals surface area contributed by atoms with Gasteiger partial charge in [0.2, 0.25) is 0 Å². The second-order valence-electron chi connectivity index (χ2n) is 4.17. The molecule has 0 aromatic heterocycles. The summed E-state index contributed by atoms with van der Waals surface area (Å²) in [5, 5.41) is 0. The number of benzene rings is 1. The van der Waals surface area contributed by atoms with Crippen LogP contribution in [-0.4, -0.2) is 12.0 Å². The predicted molar refractivity (Wildman–Crippen MR) is 53.3 cm³/mol. The molecule has 0 radical (unpaired) electrons. The van der Waals surface area contributed by atoms with Gasteiger partial charge >= 0.3 is 6.18 Å². The Hall–Kier alpha value is -1.32. The molecule has 1 aromatic rings. The van der Waals surface area contributed by atoms with Gasteiger partial charge < -0.3 is 0 Å². The van der Waals surface area contributed by atoms with Crippen LogP contribution in [0, 0.1) is 5.92 Å². The Morgan fingerprint density at radius 1 is 1.25 bits per heavy atom. The first kappa shape index (κ1) is 11.2. The Morgan fingerprint density at radius 2 is 1.88 bits per heavy atom. The molecule has 0 unspecified atom stereocenters. The maximum absolute atomic E-state index is 12.3. The summed E-state index contributed by atoms with van der Waals surface area (Å²) in [5.74, 6) is -1.66. The lowest BCUT2D eigenvalue weighted by molar-refractivity contribution is -0.142. The van der Waals surface area contributed by atoms with Gasteiger partial charge in [0.15, 0.2) is 5.78 Å².